The third-order valence-electron chi connectivity index (χ3n) is 3.54. The van der Waals surface area contributed by atoms with E-state index in [1.54, 1.807) is 6.20 Å². The summed E-state index contributed by atoms with van der Waals surface area (Å²) < 4.78 is 6.94. The minimum Gasteiger partial charge on any atom is -0.487 e. The molecule has 0 atom stereocenters. The molecule has 0 saturated carbocycles. The number of pyridine rings is 1. The van der Waals surface area contributed by atoms with E-state index in [1.165, 1.54) is 5.56 Å². The number of aromatic nitrogens is 1. The Labute approximate surface area is 149 Å². The summed E-state index contributed by atoms with van der Waals surface area (Å²) in [6, 6.07) is 15.9. The number of ether oxygens (including phenoxy) is 1. The van der Waals surface area contributed by atoms with Gasteiger partial charge in [0.2, 0.25) is 0 Å². The van der Waals surface area contributed by atoms with Crippen molar-refractivity contribution in [3.63, 3.8) is 0 Å². The number of aryl methyl sites for hydroxylation is 1. The Bertz CT molecular complexity index is 821. The fourth-order valence-electron chi connectivity index (χ4n) is 2.29. The lowest BCUT2D eigenvalue weighted by Crippen LogP contribution is -1.96. The van der Waals surface area contributed by atoms with E-state index in [-0.39, 0.29) is 0 Å². The summed E-state index contributed by atoms with van der Waals surface area (Å²) >= 11 is 9.85. The third-order valence-corrected chi connectivity index (χ3v) is 4.73. The summed E-state index contributed by atoms with van der Waals surface area (Å²) in [5.41, 5.74) is 4.35. The van der Waals surface area contributed by atoms with Crippen molar-refractivity contribution in [3.05, 3.63) is 81.5 Å². The summed E-state index contributed by atoms with van der Waals surface area (Å²) in [5, 5.41) is 0.597. The molecule has 0 aliphatic carbocycles. The summed E-state index contributed by atoms with van der Waals surface area (Å²) in [6.45, 7) is 2.54. The molecule has 0 aliphatic rings. The molecule has 0 aliphatic heterocycles. The van der Waals surface area contributed by atoms with Crippen molar-refractivity contribution in [1.82, 2.24) is 4.98 Å². The van der Waals surface area contributed by atoms with Gasteiger partial charge in [0.15, 0.2) is 0 Å². The van der Waals surface area contributed by atoms with Crippen LogP contribution in [0.5, 0.6) is 5.75 Å². The Kier molecular flexibility index (Phi) is 4.99. The minimum atomic E-state index is 0.486. The second-order valence-corrected chi connectivity index (χ2v) is 6.52. The van der Waals surface area contributed by atoms with Crippen molar-refractivity contribution < 1.29 is 4.74 Å². The average Bonchev–Trinajstić information content (AvgIpc) is 2.57. The summed E-state index contributed by atoms with van der Waals surface area (Å²) in [4.78, 5) is 4.13. The van der Waals surface area contributed by atoms with Gasteiger partial charge in [-0.1, -0.05) is 51.8 Å². The first kappa shape index (κ1) is 16.0. The van der Waals surface area contributed by atoms with Gasteiger partial charge in [0.05, 0.1) is 5.02 Å². The minimum absolute atomic E-state index is 0.486. The van der Waals surface area contributed by atoms with Crippen molar-refractivity contribution in [3.8, 4) is 16.9 Å². The SMILES string of the molecule is Cc1cc(COc2ccc(-c3cccnc3)cc2Cl)ccc1Br. The Hall–Kier alpha value is -1.84. The predicted molar refractivity (Wildman–Crippen MR) is 97.9 cm³/mol. The van der Waals surface area contributed by atoms with E-state index >= 15 is 0 Å². The first-order valence-electron chi connectivity index (χ1n) is 7.21. The highest BCUT2D eigenvalue weighted by molar-refractivity contribution is 9.10. The fraction of sp³-hybridized carbons (Fsp3) is 0.105. The second kappa shape index (κ2) is 7.16. The predicted octanol–water partition coefficient (Wildman–Crippen LogP) is 6.05. The van der Waals surface area contributed by atoms with Gasteiger partial charge in [-0.05, 0) is 47.9 Å². The Morgan fingerprint density at radius 3 is 2.65 bits per heavy atom. The molecule has 3 rings (SSSR count). The Morgan fingerprint density at radius 1 is 1.09 bits per heavy atom. The van der Waals surface area contributed by atoms with Crippen LogP contribution in [0.3, 0.4) is 0 Å². The quantitative estimate of drug-likeness (QED) is 0.542. The number of benzene rings is 2. The zero-order chi connectivity index (χ0) is 16.2. The van der Waals surface area contributed by atoms with E-state index in [2.05, 4.69) is 33.9 Å². The second-order valence-electron chi connectivity index (χ2n) is 5.26. The number of rotatable bonds is 4. The summed E-state index contributed by atoms with van der Waals surface area (Å²) in [7, 11) is 0. The van der Waals surface area contributed by atoms with E-state index in [1.807, 2.05) is 48.7 Å². The van der Waals surface area contributed by atoms with Gasteiger partial charge in [0.25, 0.3) is 0 Å². The fourth-order valence-corrected chi connectivity index (χ4v) is 2.77. The van der Waals surface area contributed by atoms with Crippen LogP contribution in [0.25, 0.3) is 11.1 Å². The van der Waals surface area contributed by atoms with Gasteiger partial charge in [0.1, 0.15) is 12.4 Å². The molecule has 2 nitrogen and oxygen atoms in total. The van der Waals surface area contributed by atoms with Gasteiger partial charge in [-0.15, -0.1) is 0 Å². The van der Waals surface area contributed by atoms with Crippen molar-refractivity contribution in [2.75, 3.05) is 0 Å². The molecule has 4 heteroatoms. The van der Waals surface area contributed by atoms with Crippen LogP contribution in [-0.4, -0.2) is 4.98 Å². The molecule has 3 aromatic rings. The Morgan fingerprint density at radius 2 is 1.96 bits per heavy atom. The molecule has 0 N–H and O–H groups in total. The zero-order valence-electron chi connectivity index (χ0n) is 12.6. The molecule has 0 bridgehead atoms. The summed E-state index contributed by atoms with van der Waals surface area (Å²) in [5.74, 6) is 0.680. The van der Waals surface area contributed by atoms with Crippen molar-refractivity contribution in [2.24, 2.45) is 0 Å². The van der Waals surface area contributed by atoms with E-state index in [0.29, 0.717) is 17.4 Å². The molecule has 0 radical (unpaired) electrons. The zero-order valence-corrected chi connectivity index (χ0v) is 14.9. The maximum atomic E-state index is 6.35. The van der Waals surface area contributed by atoms with Crippen molar-refractivity contribution >= 4 is 27.5 Å². The van der Waals surface area contributed by atoms with Crippen LogP contribution in [0.15, 0.2) is 65.4 Å². The van der Waals surface area contributed by atoms with Crippen LogP contribution < -0.4 is 4.74 Å². The molecule has 0 fully saturated rings. The summed E-state index contributed by atoms with van der Waals surface area (Å²) in [6.07, 6.45) is 3.57. The lowest BCUT2D eigenvalue weighted by atomic mass is 10.1. The van der Waals surface area contributed by atoms with Crippen molar-refractivity contribution in [1.29, 1.82) is 0 Å². The normalized spacial score (nSPS) is 10.6. The first-order valence-corrected chi connectivity index (χ1v) is 8.38. The molecule has 2 aromatic carbocycles. The molecule has 1 heterocycles. The van der Waals surface area contributed by atoms with E-state index in [4.69, 9.17) is 16.3 Å². The molecule has 1 aromatic heterocycles. The molecule has 0 unspecified atom stereocenters. The molecule has 0 spiro atoms. The van der Waals surface area contributed by atoms with E-state index < -0.39 is 0 Å². The van der Waals surface area contributed by atoms with Crippen LogP contribution in [0, 0.1) is 6.92 Å². The van der Waals surface area contributed by atoms with Gasteiger partial charge in [0, 0.05) is 22.4 Å². The molecule has 0 saturated heterocycles. The van der Waals surface area contributed by atoms with Crippen LogP contribution in [-0.2, 0) is 6.61 Å². The van der Waals surface area contributed by atoms with Gasteiger partial charge in [-0.25, -0.2) is 0 Å². The van der Waals surface area contributed by atoms with Gasteiger partial charge < -0.3 is 4.74 Å². The monoisotopic (exact) mass is 387 g/mol. The van der Waals surface area contributed by atoms with Crippen LogP contribution in [0.4, 0.5) is 0 Å². The van der Waals surface area contributed by atoms with Gasteiger partial charge in [-0.2, -0.15) is 0 Å². The van der Waals surface area contributed by atoms with Gasteiger partial charge in [-0.3, -0.25) is 4.98 Å². The third kappa shape index (κ3) is 3.92. The number of nitrogens with zero attached hydrogens (tertiary/aromatic N) is 1. The average molecular weight is 389 g/mol. The Balaban J connectivity index is 1.75. The van der Waals surface area contributed by atoms with Crippen molar-refractivity contribution in [2.45, 2.75) is 13.5 Å². The number of halogens is 2. The maximum Gasteiger partial charge on any atom is 0.138 e. The molecule has 23 heavy (non-hydrogen) atoms. The topological polar surface area (TPSA) is 22.1 Å². The molecular formula is C19H15BrClNO. The van der Waals surface area contributed by atoms with Crippen LogP contribution in [0.1, 0.15) is 11.1 Å². The highest BCUT2D eigenvalue weighted by Gasteiger charge is 2.06. The highest BCUT2D eigenvalue weighted by Crippen LogP contribution is 2.30. The van der Waals surface area contributed by atoms with Gasteiger partial charge >= 0.3 is 0 Å². The molecule has 116 valence electrons. The smallest absolute Gasteiger partial charge is 0.138 e. The number of hydrogen-bond acceptors (Lipinski definition) is 2. The highest BCUT2D eigenvalue weighted by atomic mass is 79.9. The van der Waals surface area contributed by atoms with Crippen LogP contribution in [0.2, 0.25) is 5.02 Å². The largest absolute Gasteiger partial charge is 0.487 e. The molecule has 0 amide bonds. The number of hydrogen-bond donors (Lipinski definition) is 0. The van der Waals surface area contributed by atoms with E-state index in [0.717, 1.165) is 21.2 Å². The van der Waals surface area contributed by atoms with Crippen LogP contribution >= 0.6 is 27.5 Å². The first-order chi connectivity index (χ1) is 11.1. The maximum absolute atomic E-state index is 6.35. The lowest BCUT2D eigenvalue weighted by Gasteiger charge is -2.10. The lowest BCUT2D eigenvalue weighted by molar-refractivity contribution is 0.306. The van der Waals surface area contributed by atoms with E-state index in [9.17, 15) is 0 Å². The molecular weight excluding hydrogens is 374 g/mol. The standard InChI is InChI=1S/C19H15BrClNO/c1-13-9-14(4-6-17(13)20)12-23-19-7-5-15(10-18(19)21)16-3-2-8-22-11-16/h2-11H,12H2,1H3.